The second-order valence-electron chi connectivity index (χ2n) is 4.62. The van der Waals surface area contributed by atoms with Gasteiger partial charge in [0.2, 0.25) is 0 Å². The number of nitrogens with one attached hydrogen (secondary N) is 1. The average molecular weight is 352 g/mol. The zero-order valence-electron chi connectivity index (χ0n) is 10.5. The summed E-state index contributed by atoms with van der Waals surface area (Å²) in [5, 5.41) is 12.6. The molecule has 1 N–H and O–H groups in total. The monoisotopic (exact) mass is 351 g/mol. The van der Waals surface area contributed by atoms with Crippen molar-refractivity contribution in [3.8, 4) is 6.07 Å². The molecule has 0 saturated heterocycles. The number of benzene rings is 1. The largest absolute Gasteiger partial charge is 0.329 e. The number of fused-ring (bicyclic) bond motifs is 1. The van der Waals surface area contributed by atoms with Crippen molar-refractivity contribution in [3.05, 3.63) is 38.6 Å². The van der Waals surface area contributed by atoms with E-state index in [0.717, 1.165) is 18.5 Å². The van der Waals surface area contributed by atoms with Crippen molar-refractivity contribution < 1.29 is 4.39 Å². The highest BCUT2D eigenvalue weighted by molar-refractivity contribution is 9.10. The van der Waals surface area contributed by atoms with Gasteiger partial charge >= 0.3 is 0 Å². The van der Waals surface area contributed by atoms with Crippen LogP contribution in [0.3, 0.4) is 0 Å². The third kappa shape index (κ3) is 2.43. The minimum Gasteiger partial charge on any atom is -0.329 e. The van der Waals surface area contributed by atoms with Gasteiger partial charge in [0.1, 0.15) is 6.07 Å². The van der Waals surface area contributed by atoms with E-state index in [1.165, 1.54) is 17.7 Å². The molecule has 0 unspecified atom stereocenters. The van der Waals surface area contributed by atoms with Crippen molar-refractivity contribution in [2.45, 2.75) is 25.7 Å². The van der Waals surface area contributed by atoms with Gasteiger partial charge in [-0.1, -0.05) is 0 Å². The molecule has 0 radical (unpaired) electrons. The predicted molar refractivity (Wildman–Crippen MR) is 80.9 cm³/mol. The van der Waals surface area contributed by atoms with E-state index in [2.05, 4.69) is 26.2 Å². The Morgan fingerprint density at radius 2 is 2.15 bits per heavy atom. The average Bonchev–Trinajstić information content (AvgIpc) is 2.86. The second kappa shape index (κ2) is 5.51. The molecule has 1 aliphatic rings. The van der Waals surface area contributed by atoms with Gasteiger partial charge in [0, 0.05) is 4.88 Å². The maximum absolute atomic E-state index is 14.1. The van der Waals surface area contributed by atoms with Gasteiger partial charge in [0.25, 0.3) is 0 Å². The summed E-state index contributed by atoms with van der Waals surface area (Å²) in [7, 11) is 0. The molecule has 1 aliphatic carbocycles. The van der Waals surface area contributed by atoms with Crippen LogP contribution in [0, 0.1) is 17.1 Å². The van der Waals surface area contributed by atoms with Crippen molar-refractivity contribution in [1.82, 2.24) is 4.98 Å². The van der Waals surface area contributed by atoms with Crippen LogP contribution in [0.15, 0.2) is 16.6 Å². The third-order valence-electron chi connectivity index (χ3n) is 3.29. The molecule has 20 heavy (non-hydrogen) atoms. The first kappa shape index (κ1) is 13.5. The fourth-order valence-electron chi connectivity index (χ4n) is 2.25. The fraction of sp³-hybridized carbons (Fsp3) is 0.286. The van der Waals surface area contributed by atoms with Crippen LogP contribution in [0.1, 0.15) is 29.0 Å². The molecular formula is C14H11BrFN3S. The number of thiazole rings is 1. The molecule has 0 spiro atoms. The van der Waals surface area contributed by atoms with Gasteiger partial charge in [0.15, 0.2) is 10.9 Å². The molecule has 0 atom stereocenters. The standard InChI is InChI=1S/C14H11BrFN3S/c15-12-8(7-17)5-6-10(13(12)16)19-14-18-9-3-1-2-4-11(9)20-14/h5-6H,1-4H2,(H,18,19). The molecule has 0 bridgehead atoms. The molecule has 0 saturated carbocycles. The number of hydrogen-bond acceptors (Lipinski definition) is 4. The molecular weight excluding hydrogens is 341 g/mol. The van der Waals surface area contributed by atoms with Crippen molar-refractivity contribution in [1.29, 1.82) is 5.26 Å². The summed E-state index contributed by atoms with van der Waals surface area (Å²) in [6.07, 6.45) is 4.44. The molecule has 0 amide bonds. The highest BCUT2D eigenvalue weighted by Crippen LogP contribution is 2.33. The summed E-state index contributed by atoms with van der Waals surface area (Å²) >= 11 is 4.69. The zero-order chi connectivity index (χ0) is 14.1. The van der Waals surface area contributed by atoms with Gasteiger partial charge < -0.3 is 5.32 Å². The minimum atomic E-state index is -0.461. The Kier molecular flexibility index (Phi) is 3.72. The zero-order valence-corrected chi connectivity index (χ0v) is 12.9. The Hall–Kier alpha value is -1.45. The van der Waals surface area contributed by atoms with Crippen molar-refractivity contribution in [3.63, 3.8) is 0 Å². The number of aryl methyl sites for hydroxylation is 2. The lowest BCUT2D eigenvalue weighted by atomic mass is 10.0. The summed E-state index contributed by atoms with van der Waals surface area (Å²) in [6.45, 7) is 0. The molecule has 2 aromatic rings. The lowest BCUT2D eigenvalue weighted by Gasteiger charge is -2.06. The van der Waals surface area contributed by atoms with Crippen LogP contribution >= 0.6 is 27.3 Å². The van der Waals surface area contributed by atoms with Gasteiger partial charge in [0.05, 0.1) is 21.4 Å². The SMILES string of the molecule is N#Cc1ccc(Nc2nc3c(s2)CCCC3)c(F)c1Br. The molecule has 1 aromatic heterocycles. The Labute approximate surface area is 128 Å². The predicted octanol–water partition coefficient (Wildman–Crippen LogP) is 4.54. The summed E-state index contributed by atoms with van der Waals surface area (Å²) in [5.74, 6) is -0.461. The van der Waals surface area contributed by atoms with E-state index in [0.29, 0.717) is 10.8 Å². The van der Waals surface area contributed by atoms with E-state index in [-0.39, 0.29) is 10.0 Å². The number of nitrogens with zero attached hydrogens (tertiary/aromatic N) is 2. The molecule has 102 valence electrons. The number of hydrogen-bond donors (Lipinski definition) is 1. The van der Waals surface area contributed by atoms with Crippen molar-refractivity contribution in [2.24, 2.45) is 0 Å². The van der Waals surface area contributed by atoms with Crippen LogP contribution in [0.25, 0.3) is 0 Å². The van der Waals surface area contributed by atoms with Crippen LogP contribution in [0.5, 0.6) is 0 Å². The van der Waals surface area contributed by atoms with Crippen molar-refractivity contribution >= 4 is 38.1 Å². The first-order chi connectivity index (χ1) is 9.69. The number of halogens is 2. The van der Waals surface area contributed by atoms with Crippen LogP contribution in [0.2, 0.25) is 0 Å². The molecule has 1 aromatic carbocycles. The van der Waals surface area contributed by atoms with Crippen LogP contribution in [0.4, 0.5) is 15.2 Å². The minimum absolute atomic E-state index is 0.186. The van der Waals surface area contributed by atoms with E-state index >= 15 is 0 Å². The maximum Gasteiger partial charge on any atom is 0.187 e. The van der Waals surface area contributed by atoms with Gasteiger partial charge in [-0.05, 0) is 53.7 Å². The van der Waals surface area contributed by atoms with Crippen LogP contribution < -0.4 is 5.32 Å². The summed E-state index contributed by atoms with van der Waals surface area (Å²) in [6, 6.07) is 5.09. The number of anilines is 2. The Morgan fingerprint density at radius 3 is 2.90 bits per heavy atom. The highest BCUT2D eigenvalue weighted by Gasteiger charge is 2.17. The smallest absolute Gasteiger partial charge is 0.187 e. The van der Waals surface area contributed by atoms with Gasteiger partial charge in [-0.3, -0.25) is 0 Å². The Balaban J connectivity index is 1.90. The normalized spacial score (nSPS) is 13.7. The van der Waals surface area contributed by atoms with Crippen LogP contribution in [-0.4, -0.2) is 4.98 Å². The lowest BCUT2D eigenvalue weighted by molar-refractivity contribution is 0.624. The van der Waals surface area contributed by atoms with Crippen molar-refractivity contribution in [2.75, 3.05) is 5.32 Å². The van der Waals surface area contributed by atoms with Crippen LogP contribution in [-0.2, 0) is 12.8 Å². The second-order valence-corrected chi connectivity index (χ2v) is 6.50. The Morgan fingerprint density at radius 1 is 1.35 bits per heavy atom. The molecule has 1 heterocycles. The summed E-state index contributed by atoms with van der Waals surface area (Å²) in [4.78, 5) is 5.82. The van der Waals surface area contributed by atoms with Gasteiger partial charge in [-0.2, -0.15) is 5.26 Å². The number of nitriles is 1. The molecule has 3 nitrogen and oxygen atoms in total. The molecule has 3 rings (SSSR count). The first-order valence-electron chi connectivity index (χ1n) is 6.32. The quantitative estimate of drug-likeness (QED) is 0.863. The maximum atomic E-state index is 14.1. The third-order valence-corrected chi connectivity index (χ3v) is 5.14. The Bertz CT molecular complexity index is 682. The first-order valence-corrected chi connectivity index (χ1v) is 7.93. The van der Waals surface area contributed by atoms with E-state index in [1.54, 1.807) is 23.5 Å². The highest BCUT2D eigenvalue weighted by atomic mass is 79.9. The van der Waals surface area contributed by atoms with E-state index < -0.39 is 5.82 Å². The van der Waals surface area contributed by atoms with E-state index in [9.17, 15) is 4.39 Å². The number of aromatic nitrogens is 1. The molecule has 0 aliphatic heterocycles. The summed E-state index contributed by atoms with van der Waals surface area (Å²) in [5.41, 5.74) is 1.75. The number of rotatable bonds is 2. The van der Waals surface area contributed by atoms with Gasteiger partial charge in [-0.15, -0.1) is 11.3 Å². The molecule has 6 heteroatoms. The topological polar surface area (TPSA) is 48.7 Å². The fourth-order valence-corrected chi connectivity index (χ4v) is 3.75. The van der Waals surface area contributed by atoms with Gasteiger partial charge in [-0.25, -0.2) is 9.37 Å². The summed E-state index contributed by atoms with van der Waals surface area (Å²) < 4.78 is 14.3. The lowest BCUT2D eigenvalue weighted by Crippen LogP contribution is -1.99. The molecule has 0 fully saturated rings. The van der Waals surface area contributed by atoms with E-state index in [4.69, 9.17) is 5.26 Å². The van der Waals surface area contributed by atoms with E-state index in [1.807, 2.05) is 6.07 Å².